The number of hydrogen-bond donors (Lipinski definition) is 1. The van der Waals surface area contributed by atoms with E-state index in [2.05, 4.69) is 27.0 Å². The Morgan fingerprint density at radius 3 is 2.80 bits per heavy atom. The lowest BCUT2D eigenvalue weighted by Crippen LogP contribution is -2.31. The van der Waals surface area contributed by atoms with Crippen LogP contribution < -0.4 is 10.6 Å². The summed E-state index contributed by atoms with van der Waals surface area (Å²) >= 11 is 3.36. The van der Waals surface area contributed by atoms with Crippen LogP contribution in [0.3, 0.4) is 0 Å². The number of carbonyl (C=O) groups excluding carboxylic acids is 1. The molecule has 20 heavy (non-hydrogen) atoms. The molecule has 0 atom stereocenters. The molecule has 4 nitrogen and oxygen atoms in total. The number of amides is 1. The van der Waals surface area contributed by atoms with E-state index in [-0.39, 0.29) is 5.91 Å². The average molecular weight is 332 g/mol. The first-order valence-electron chi connectivity index (χ1n) is 6.45. The van der Waals surface area contributed by atoms with E-state index in [9.17, 15) is 4.79 Å². The molecule has 1 aliphatic rings. The number of carbonyl (C=O) groups is 1. The average Bonchev–Trinajstić information content (AvgIpc) is 2.48. The van der Waals surface area contributed by atoms with Crippen molar-refractivity contribution in [2.75, 3.05) is 4.90 Å². The number of anilines is 2. The number of aryl methyl sites for hydroxylation is 1. The Bertz CT molecular complexity index is 655. The lowest BCUT2D eigenvalue weighted by Gasteiger charge is -2.29. The van der Waals surface area contributed by atoms with Gasteiger partial charge in [0, 0.05) is 23.6 Å². The number of nitrogens with two attached hydrogens (primary N) is 1. The highest BCUT2D eigenvalue weighted by Gasteiger charge is 2.26. The van der Waals surface area contributed by atoms with E-state index in [1.807, 2.05) is 24.3 Å². The molecule has 3 rings (SSSR count). The standard InChI is InChI=1S/C15H14BrN3O/c16-12-3-5-14(18-9-12)19-13-4-1-10(8-17)7-11(13)2-6-15(19)20/h1,3-5,7,9H,2,6,8,17H2. The zero-order chi connectivity index (χ0) is 14.1. The Kier molecular flexibility index (Phi) is 3.54. The van der Waals surface area contributed by atoms with Gasteiger partial charge >= 0.3 is 0 Å². The lowest BCUT2D eigenvalue weighted by molar-refractivity contribution is -0.118. The van der Waals surface area contributed by atoms with Crippen molar-refractivity contribution >= 4 is 33.3 Å². The largest absolute Gasteiger partial charge is 0.326 e. The summed E-state index contributed by atoms with van der Waals surface area (Å²) in [5, 5.41) is 0. The van der Waals surface area contributed by atoms with Gasteiger partial charge in [-0.1, -0.05) is 12.1 Å². The molecule has 1 amide bonds. The van der Waals surface area contributed by atoms with Crippen LogP contribution in [0.1, 0.15) is 17.5 Å². The molecule has 102 valence electrons. The van der Waals surface area contributed by atoms with Gasteiger partial charge in [-0.3, -0.25) is 9.69 Å². The number of fused-ring (bicyclic) bond motifs is 1. The first-order valence-corrected chi connectivity index (χ1v) is 7.25. The molecule has 1 aliphatic heterocycles. The van der Waals surface area contributed by atoms with Crippen LogP contribution in [0.15, 0.2) is 41.0 Å². The minimum Gasteiger partial charge on any atom is -0.326 e. The first-order chi connectivity index (χ1) is 9.69. The molecule has 2 N–H and O–H groups in total. The SMILES string of the molecule is NCc1ccc2c(c1)CCC(=O)N2c1ccc(Br)cn1. The quantitative estimate of drug-likeness (QED) is 0.920. The van der Waals surface area contributed by atoms with Gasteiger partial charge in [-0.2, -0.15) is 0 Å². The van der Waals surface area contributed by atoms with E-state index in [4.69, 9.17) is 5.73 Å². The van der Waals surface area contributed by atoms with Crippen molar-refractivity contribution in [1.29, 1.82) is 0 Å². The summed E-state index contributed by atoms with van der Waals surface area (Å²) in [6.07, 6.45) is 2.96. The van der Waals surface area contributed by atoms with Crippen molar-refractivity contribution in [3.8, 4) is 0 Å². The normalized spacial score (nSPS) is 14.3. The van der Waals surface area contributed by atoms with Crippen molar-refractivity contribution < 1.29 is 4.79 Å². The maximum absolute atomic E-state index is 12.2. The smallest absolute Gasteiger partial charge is 0.233 e. The zero-order valence-corrected chi connectivity index (χ0v) is 12.4. The Morgan fingerprint density at radius 2 is 2.10 bits per heavy atom. The first kappa shape index (κ1) is 13.3. The molecule has 0 aliphatic carbocycles. The van der Waals surface area contributed by atoms with Crippen molar-refractivity contribution in [3.63, 3.8) is 0 Å². The molecule has 2 heterocycles. The van der Waals surface area contributed by atoms with Gasteiger partial charge < -0.3 is 5.73 Å². The maximum Gasteiger partial charge on any atom is 0.233 e. The topological polar surface area (TPSA) is 59.2 Å². The van der Waals surface area contributed by atoms with Gasteiger partial charge in [-0.25, -0.2) is 4.98 Å². The number of aromatic nitrogens is 1. The highest BCUT2D eigenvalue weighted by Crippen LogP contribution is 2.34. The van der Waals surface area contributed by atoms with Gasteiger partial charge in [0.1, 0.15) is 5.82 Å². The van der Waals surface area contributed by atoms with Crippen molar-refractivity contribution in [1.82, 2.24) is 4.98 Å². The van der Waals surface area contributed by atoms with Crippen molar-refractivity contribution in [3.05, 3.63) is 52.1 Å². The van der Waals surface area contributed by atoms with Gasteiger partial charge in [0.25, 0.3) is 0 Å². The van der Waals surface area contributed by atoms with Gasteiger partial charge in [0.2, 0.25) is 5.91 Å². The zero-order valence-electron chi connectivity index (χ0n) is 10.8. The van der Waals surface area contributed by atoms with Gasteiger partial charge in [0.05, 0.1) is 5.69 Å². The second-order valence-electron chi connectivity index (χ2n) is 4.73. The van der Waals surface area contributed by atoms with Gasteiger partial charge in [-0.15, -0.1) is 0 Å². The number of halogens is 1. The second-order valence-corrected chi connectivity index (χ2v) is 5.65. The summed E-state index contributed by atoms with van der Waals surface area (Å²) in [5.74, 6) is 0.729. The molecule has 0 saturated heterocycles. The Labute approximate surface area is 125 Å². The molecule has 1 aromatic heterocycles. The van der Waals surface area contributed by atoms with Crippen LogP contribution in [-0.4, -0.2) is 10.9 Å². The van der Waals surface area contributed by atoms with Gasteiger partial charge in [0.15, 0.2) is 0 Å². The Morgan fingerprint density at radius 1 is 1.25 bits per heavy atom. The molecule has 0 bridgehead atoms. The van der Waals surface area contributed by atoms with Crippen LogP contribution in [-0.2, 0) is 17.8 Å². The summed E-state index contributed by atoms with van der Waals surface area (Å²) in [5.41, 5.74) is 8.82. The molecule has 0 saturated carbocycles. The lowest BCUT2D eigenvalue weighted by atomic mass is 9.98. The molecule has 1 aromatic carbocycles. The number of pyridine rings is 1. The van der Waals surface area contributed by atoms with Crippen LogP contribution >= 0.6 is 15.9 Å². The minimum atomic E-state index is 0.0767. The summed E-state index contributed by atoms with van der Waals surface area (Å²) in [6, 6.07) is 9.72. The van der Waals surface area contributed by atoms with E-state index in [1.54, 1.807) is 11.1 Å². The van der Waals surface area contributed by atoms with E-state index in [1.165, 1.54) is 0 Å². The monoisotopic (exact) mass is 331 g/mol. The van der Waals surface area contributed by atoms with Crippen LogP contribution in [0.2, 0.25) is 0 Å². The molecule has 0 radical (unpaired) electrons. The fraction of sp³-hybridized carbons (Fsp3) is 0.200. The third-order valence-electron chi connectivity index (χ3n) is 3.42. The van der Waals surface area contributed by atoms with Crippen LogP contribution in [0.5, 0.6) is 0 Å². The van der Waals surface area contributed by atoms with Crippen LogP contribution in [0, 0.1) is 0 Å². The third kappa shape index (κ3) is 2.34. The Balaban J connectivity index is 2.07. The highest BCUT2D eigenvalue weighted by atomic mass is 79.9. The highest BCUT2D eigenvalue weighted by molar-refractivity contribution is 9.10. The summed E-state index contributed by atoms with van der Waals surface area (Å²) in [6.45, 7) is 0.512. The van der Waals surface area contributed by atoms with Crippen molar-refractivity contribution in [2.24, 2.45) is 5.73 Å². The van der Waals surface area contributed by atoms with E-state index < -0.39 is 0 Å². The molecular weight excluding hydrogens is 318 g/mol. The van der Waals surface area contributed by atoms with E-state index in [0.717, 1.165) is 27.7 Å². The van der Waals surface area contributed by atoms with E-state index in [0.29, 0.717) is 18.8 Å². The molecule has 0 unspecified atom stereocenters. The van der Waals surface area contributed by atoms with Gasteiger partial charge in [-0.05, 0) is 51.7 Å². The molecular formula is C15H14BrN3O. The minimum absolute atomic E-state index is 0.0767. The summed E-state index contributed by atoms with van der Waals surface area (Å²) in [4.78, 5) is 18.3. The summed E-state index contributed by atoms with van der Waals surface area (Å²) in [7, 11) is 0. The molecule has 0 fully saturated rings. The number of hydrogen-bond acceptors (Lipinski definition) is 3. The molecule has 5 heteroatoms. The predicted octanol–water partition coefficient (Wildman–Crippen LogP) is 2.91. The predicted molar refractivity (Wildman–Crippen MR) is 81.7 cm³/mol. The number of benzene rings is 1. The molecule has 0 spiro atoms. The second kappa shape index (κ2) is 5.34. The number of rotatable bonds is 2. The Hall–Kier alpha value is -1.72. The van der Waals surface area contributed by atoms with Crippen molar-refractivity contribution in [2.45, 2.75) is 19.4 Å². The summed E-state index contributed by atoms with van der Waals surface area (Å²) < 4.78 is 0.893. The number of nitrogens with zero attached hydrogens (tertiary/aromatic N) is 2. The maximum atomic E-state index is 12.2. The fourth-order valence-electron chi connectivity index (χ4n) is 2.42. The fourth-order valence-corrected chi connectivity index (χ4v) is 2.66. The third-order valence-corrected chi connectivity index (χ3v) is 3.89. The molecule has 2 aromatic rings. The van der Waals surface area contributed by atoms with Crippen LogP contribution in [0.25, 0.3) is 0 Å². The van der Waals surface area contributed by atoms with E-state index >= 15 is 0 Å². The van der Waals surface area contributed by atoms with Crippen LogP contribution in [0.4, 0.5) is 11.5 Å².